The van der Waals surface area contributed by atoms with Crippen molar-refractivity contribution in [3.63, 3.8) is 0 Å². The Morgan fingerprint density at radius 1 is 1.20 bits per heavy atom. The number of carbonyl (C=O) groups is 1. The van der Waals surface area contributed by atoms with E-state index < -0.39 is 0 Å². The molecule has 4 nitrogen and oxygen atoms in total. The van der Waals surface area contributed by atoms with Crippen LogP contribution in [0.3, 0.4) is 0 Å². The summed E-state index contributed by atoms with van der Waals surface area (Å²) in [5.41, 5.74) is 2.88. The normalized spacial score (nSPS) is 17.5. The van der Waals surface area contributed by atoms with Crippen molar-refractivity contribution in [2.45, 2.75) is 39.5 Å². The molecule has 4 heteroatoms. The molecule has 1 aromatic heterocycles. The number of nitrogens with zero attached hydrogens (tertiary/aromatic N) is 3. The van der Waals surface area contributed by atoms with E-state index in [9.17, 15) is 4.79 Å². The molecule has 1 unspecified atom stereocenters. The molecule has 0 saturated heterocycles. The van der Waals surface area contributed by atoms with E-state index in [1.807, 2.05) is 16.7 Å². The Morgan fingerprint density at radius 3 is 2.60 bits per heavy atom. The van der Waals surface area contributed by atoms with E-state index in [0.717, 1.165) is 17.1 Å². The Kier molecular flexibility index (Phi) is 2.96. The minimum absolute atomic E-state index is 0.165. The van der Waals surface area contributed by atoms with Gasteiger partial charge in [0.25, 0.3) is 0 Å². The number of hydrogen-bond acceptors (Lipinski definition) is 3. The van der Waals surface area contributed by atoms with Gasteiger partial charge in [0.2, 0.25) is 0 Å². The molecule has 0 spiro atoms. The number of fused-ring (bicyclic) bond motifs is 3. The van der Waals surface area contributed by atoms with Gasteiger partial charge in [0.1, 0.15) is 12.2 Å². The van der Waals surface area contributed by atoms with Crippen molar-refractivity contribution < 1.29 is 4.79 Å². The molecule has 1 atom stereocenters. The third kappa shape index (κ3) is 1.79. The van der Waals surface area contributed by atoms with E-state index >= 15 is 0 Å². The topological polar surface area (TPSA) is 47.8 Å². The van der Waals surface area contributed by atoms with Crippen molar-refractivity contribution >= 4 is 5.78 Å². The molecule has 1 aromatic carbocycles. The Labute approximate surface area is 118 Å². The van der Waals surface area contributed by atoms with Gasteiger partial charge in [-0.25, -0.2) is 0 Å². The average molecular weight is 269 g/mol. The summed E-state index contributed by atoms with van der Waals surface area (Å²) in [6.45, 7) is 8.38. The van der Waals surface area contributed by atoms with Crippen LogP contribution >= 0.6 is 0 Å². The number of Topliss-reactive ketones (excluding diaryl/α,β-unsaturated/α-hetero) is 1. The van der Waals surface area contributed by atoms with Gasteiger partial charge in [-0.05, 0) is 29.5 Å². The van der Waals surface area contributed by atoms with Crippen LogP contribution in [0.1, 0.15) is 61.3 Å². The summed E-state index contributed by atoms with van der Waals surface area (Å²) in [5, 5.41) is 8.15. The molecular weight excluding hydrogens is 250 g/mol. The maximum atomic E-state index is 12.8. The van der Waals surface area contributed by atoms with Gasteiger partial charge >= 0.3 is 0 Å². The molecule has 0 radical (unpaired) electrons. The standard InChI is InChI=1S/C16H19N3O/c1-9(2)11-5-6-13-12(7-11)15(20)14(10(3)4)16-18-17-8-19(13)16/h5-10,14H,1-4H3. The molecule has 0 aliphatic carbocycles. The highest BCUT2D eigenvalue weighted by Gasteiger charge is 2.36. The summed E-state index contributed by atoms with van der Waals surface area (Å²) in [6.07, 6.45) is 1.70. The van der Waals surface area contributed by atoms with E-state index in [-0.39, 0.29) is 17.6 Å². The first-order valence-electron chi connectivity index (χ1n) is 7.09. The van der Waals surface area contributed by atoms with Gasteiger partial charge in [-0.2, -0.15) is 0 Å². The molecule has 3 rings (SSSR count). The SMILES string of the molecule is CC(C)c1ccc2c(c1)C(=O)C(C(C)C)c1nncn1-2. The van der Waals surface area contributed by atoms with Crippen LogP contribution in [-0.2, 0) is 0 Å². The number of aromatic nitrogens is 3. The third-order valence-electron chi connectivity index (χ3n) is 4.01. The van der Waals surface area contributed by atoms with Gasteiger partial charge < -0.3 is 0 Å². The van der Waals surface area contributed by atoms with E-state index in [0.29, 0.717) is 5.92 Å². The molecule has 0 amide bonds. The molecule has 2 aromatic rings. The predicted molar refractivity (Wildman–Crippen MR) is 77.4 cm³/mol. The van der Waals surface area contributed by atoms with Crippen LogP contribution in [0.5, 0.6) is 0 Å². The van der Waals surface area contributed by atoms with Gasteiger partial charge in [0.05, 0.1) is 11.6 Å². The lowest BCUT2D eigenvalue weighted by Crippen LogP contribution is -2.28. The first-order chi connectivity index (χ1) is 9.50. The first-order valence-corrected chi connectivity index (χ1v) is 7.09. The van der Waals surface area contributed by atoms with E-state index in [2.05, 4.69) is 44.0 Å². The molecule has 104 valence electrons. The van der Waals surface area contributed by atoms with Crippen molar-refractivity contribution in [1.29, 1.82) is 0 Å². The number of benzene rings is 1. The lowest BCUT2D eigenvalue weighted by atomic mass is 9.83. The molecule has 1 aliphatic rings. The molecule has 2 heterocycles. The van der Waals surface area contributed by atoms with Crippen molar-refractivity contribution in [2.24, 2.45) is 5.92 Å². The number of hydrogen-bond donors (Lipinski definition) is 0. The van der Waals surface area contributed by atoms with Crippen LogP contribution < -0.4 is 0 Å². The lowest BCUT2D eigenvalue weighted by molar-refractivity contribution is 0.0926. The summed E-state index contributed by atoms with van der Waals surface area (Å²) in [6, 6.07) is 6.11. The van der Waals surface area contributed by atoms with Gasteiger partial charge in [-0.1, -0.05) is 33.8 Å². The van der Waals surface area contributed by atoms with E-state index in [1.165, 1.54) is 5.56 Å². The first kappa shape index (κ1) is 13.0. The Bertz CT molecular complexity index is 670. The maximum Gasteiger partial charge on any atom is 0.175 e. The number of ketones is 1. The number of rotatable bonds is 2. The fraction of sp³-hybridized carbons (Fsp3) is 0.438. The highest BCUT2D eigenvalue weighted by Crippen LogP contribution is 2.36. The molecule has 20 heavy (non-hydrogen) atoms. The molecule has 0 bridgehead atoms. The van der Waals surface area contributed by atoms with Crippen LogP contribution in [-0.4, -0.2) is 20.5 Å². The minimum Gasteiger partial charge on any atom is -0.293 e. The highest BCUT2D eigenvalue weighted by molar-refractivity contribution is 6.05. The van der Waals surface area contributed by atoms with E-state index in [4.69, 9.17) is 0 Å². The zero-order valence-corrected chi connectivity index (χ0v) is 12.3. The zero-order valence-electron chi connectivity index (χ0n) is 12.3. The lowest BCUT2D eigenvalue weighted by Gasteiger charge is -2.27. The summed E-state index contributed by atoms with van der Waals surface area (Å²) in [5.74, 6) is 1.34. The van der Waals surface area contributed by atoms with Crippen LogP contribution in [0, 0.1) is 5.92 Å². The summed E-state index contributed by atoms with van der Waals surface area (Å²) >= 11 is 0. The summed E-state index contributed by atoms with van der Waals surface area (Å²) in [7, 11) is 0. The van der Waals surface area contributed by atoms with Crippen molar-refractivity contribution in [3.05, 3.63) is 41.5 Å². The van der Waals surface area contributed by atoms with E-state index in [1.54, 1.807) is 6.33 Å². The minimum atomic E-state index is -0.201. The monoisotopic (exact) mass is 269 g/mol. The largest absolute Gasteiger partial charge is 0.293 e. The fourth-order valence-electron chi connectivity index (χ4n) is 2.85. The average Bonchev–Trinajstić information content (AvgIpc) is 2.87. The second-order valence-corrected chi connectivity index (χ2v) is 6.08. The summed E-state index contributed by atoms with van der Waals surface area (Å²) in [4.78, 5) is 12.8. The van der Waals surface area contributed by atoms with Gasteiger partial charge in [-0.3, -0.25) is 9.36 Å². The van der Waals surface area contributed by atoms with Crippen molar-refractivity contribution in [2.75, 3.05) is 0 Å². The predicted octanol–water partition coefficient (Wildman–Crippen LogP) is 3.33. The van der Waals surface area contributed by atoms with Crippen LogP contribution in [0.15, 0.2) is 24.5 Å². The van der Waals surface area contributed by atoms with Gasteiger partial charge in [0, 0.05) is 5.56 Å². The second-order valence-electron chi connectivity index (χ2n) is 6.08. The van der Waals surface area contributed by atoms with Crippen LogP contribution in [0.2, 0.25) is 0 Å². The van der Waals surface area contributed by atoms with Crippen molar-refractivity contribution in [3.8, 4) is 5.69 Å². The molecule has 0 saturated carbocycles. The van der Waals surface area contributed by atoms with Crippen molar-refractivity contribution in [1.82, 2.24) is 14.8 Å². The van der Waals surface area contributed by atoms with Gasteiger partial charge in [-0.15, -0.1) is 10.2 Å². The third-order valence-corrected chi connectivity index (χ3v) is 4.01. The molecule has 0 fully saturated rings. The zero-order chi connectivity index (χ0) is 14.4. The summed E-state index contributed by atoms with van der Waals surface area (Å²) < 4.78 is 1.95. The Balaban J connectivity index is 2.23. The second kappa shape index (κ2) is 4.54. The maximum absolute atomic E-state index is 12.8. The molecular formula is C16H19N3O. The Morgan fingerprint density at radius 2 is 1.95 bits per heavy atom. The van der Waals surface area contributed by atoms with Crippen LogP contribution in [0.25, 0.3) is 5.69 Å². The molecule has 0 N–H and O–H groups in total. The van der Waals surface area contributed by atoms with Crippen LogP contribution in [0.4, 0.5) is 0 Å². The quantitative estimate of drug-likeness (QED) is 0.840. The smallest absolute Gasteiger partial charge is 0.175 e. The van der Waals surface area contributed by atoms with Gasteiger partial charge in [0.15, 0.2) is 5.78 Å². The number of carbonyl (C=O) groups excluding carboxylic acids is 1. The highest BCUT2D eigenvalue weighted by atomic mass is 16.1. The Hall–Kier alpha value is -1.97. The fourth-order valence-corrected chi connectivity index (χ4v) is 2.85. The molecule has 1 aliphatic heterocycles.